The number of benzene rings is 2. The first-order valence-corrected chi connectivity index (χ1v) is 10.8. The Morgan fingerprint density at radius 3 is 2.34 bits per heavy atom. The minimum atomic E-state index is -0.499. The van der Waals surface area contributed by atoms with Crippen molar-refractivity contribution in [2.45, 2.75) is 19.3 Å². The molecule has 4 rings (SSSR count). The molecule has 0 saturated heterocycles. The SMILES string of the molecule is COc1ccc(OC)c(NC(=O)COC(=O)[C@@H]2[C@H]3CC[C@@H](C3)[C@H]2C(=O)c2ccccc2)c1. The normalized spacial score (nSPS) is 23.4. The molecular formula is C25H27NO6. The third-order valence-corrected chi connectivity index (χ3v) is 6.58. The average Bonchev–Trinajstić information content (AvgIpc) is 3.44. The maximum atomic E-state index is 13.1. The van der Waals surface area contributed by atoms with Crippen molar-refractivity contribution >= 4 is 23.3 Å². The molecule has 2 aromatic rings. The third-order valence-electron chi connectivity index (χ3n) is 6.58. The monoisotopic (exact) mass is 437 g/mol. The van der Waals surface area contributed by atoms with E-state index in [1.54, 1.807) is 30.3 Å². The first kappa shape index (κ1) is 21.9. The number of ketones is 1. The Labute approximate surface area is 187 Å². The van der Waals surface area contributed by atoms with Crippen molar-refractivity contribution in [1.82, 2.24) is 0 Å². The van der Waals surface area contributed by atoms with Gasteiger partial charge in [-0.25, -0.2) is 0 Å². The highest BCUT2D eigenvalue weighted by molar-refractivity contribution is 6.01. The first-order chi connectivity index (χ1) is 15.5. The first-order valence-electron chi connectivity index (χ1n) is 10.8. The lowest BCUT2D eigenvalue weighted by Crippen LogP contribution is -2.37. The number of hydrogen-bond donors (Lipinski definition) is 1. The Hall–Kier alpha value is -3.35. The fourth-order valence-corrected chi connectivity index (χ4v) is 5.13. The second kappa shape index (κ2) is 9.42. The van der Waals surface area contributed by atoms with Gasteiger partial charge in [-0.3, -0.25) is 14.4 Å². The number of esters is 1. The van der Waals surface area contributed by atoms with Crippen LogP contribution in [0.3, 0.4) is 0 Å². The van der Waals surface area contributed by atoms with E-state index in [9.17, 15) is 14.4 Å². The van der Waals surface area contributed by atoms with Crippen molar-refractivity contribution in [3.8, 4) is 11.5 Å². The van der Waals surface area contributed by atoms with E-state index >= 15 is 0 Å². The zero-order chi connectivity index (χ0) is 22.7. The standard InChI is InChI=1S/C25H27NO6/c1-30-18-10-11-20(31-2)19(13-18)26-21(27)14-32-25(29)23-17-9-8-16(12-17)22(23)24(28)15-6-4-3-5-7-15/h3-7,10-11,13,16-17,22-23H,8-9,12,14H2,1-2H3,(H,26,27)/t16-,17-,22+,23+/m0/s1. The van der Waals surface area contributed by atoms with Gasteiger partial charge in [0.05, 0.1) is 25.8 Å². The molecule has 2 fully saturated rings. The van der Waals surface area contributed by atoms with Crippen LogP contribution in [-0.2, 0) is 14.3 Å². The summed E-state index contributed by atoms with van der Waals surface area (Å²) in [6.07, 6.45) is 2.72. The van der Waals surface area contributed by atoms with Crippen LogP contribution < -0.4 is 14.8 Å². The van der Waals surface area contributed by atoms with E-state index in [-0.39, 0.29) is 23.5 Å². The van der Waals surface area contributed by atoms with Crippen LogP contribution >= 0.6 is 0 Å². The van der Waals surface area contributed by atoms with Crippen LogP contribution in [0, 0.1) is 23.7 Å². The number of nitrogens with one attached hydrogen (secondary N) is 1. The van der Waals surface area contributed by atoms with E-state index in [1.165, 1.54) is 14.2 Å². The Bertz CT molecular complexity index is 1000. The van der Waals surface area contributed by atoms with E-state index in [2.05, 4.69) is 5.32 Å². The number of carbonyl (C=O) groups is 3. The Balaban J connectivity index is 1.41. The number of rotatable bonds is 8. The van der Waals surface area contributed by atoms with Crippen molar-refractivity contribution in [2.24, 2.45) is 23.7 Å². The van der Waals surface area contributed by atoms with E-state index in [0.29, 0.717) is 22.7 Å². The van der Waals surface area contributed by atoms with Crippen molar-refractivity contribution in [2.75, 3.05) is 26.1 Å². The summed E-state index contributed by atoms with van der Waals surface area (Å²) in [6, 6.07) is 14.1. The lowest BCUT2D eigenvalue weighted by molar-refractivity contribution is -0.154. The second-order valence-electron chi connectivity index (χ2n) is 8.34. The molecule has 2 bridgehead atoms. The number of anilines is 1. The highest BCUT2D eigenvalue weighted by Crippen LogP contribution is 2.53. The molecule has 0 aliphatic heterocycles. The molecule has 2 saturated carbocycles. The van der Waals surface area contributed by atoms with E-state index in [0.717, 1.165) is 19.3 Å². The molecule has 32 heavy (non-hydrogen) atoms. The summed E-state index contributed by atoms with van der Waals surface area (Å²) in [7, 11) is 3.02. The molecule has 7 nitrogen and oxygen atoms in total. The molecule has 0 spiro atoms. The second-order valence-corrected chi connectivity index (χ2v) is 8.34. The van der Waals surface area contributed by atoms with Crippen LogP contribution in [-0.4, -0.2) is 38.5 Å². The number of ether oxygens (including phenoxy) is 3. The summed E-state index contributed by atoms with van der Waals surface area (Å²) in [4.78, 5) is 38.6. The number of Topliss-reactive ketones (excluding diaryl/α,β-unsaturated/α-hetero) is 1. The minimum absolute atomic E-state index is 0.00896. The summed E-state index contributed by atoms with van der Waals surface area (Å²) < 4.78 is 15.8. The molecule has 0 heterocycles. The molecule has 0 unspecified atom stereocenters. The maximum absolute atomic E-state index is 13.1. The van der Waals surface area contributed by atoms with Crippen LogP contribution in [0.25, 0.3) is 0 Å². The van der Waals surface area contributed by atoms with Crippen LogP contribution in [0.2, 0.25) is 0 Å². The summed E-state index contributed by atoms with van der Waals surface area (Å²) in [5, 5.41) is 2.69. The van der Waals surface area contributed by atoms with Gasteiger partial charge in [0.25, 0.3) is 5.91 Å². The van der Waals surface area contributed by atoms with Gasteiger partial charge in [0, 0.05) is 17.5 Å². The van der Waals surface area contributed by atoms with E-state index < -0.39 is 24.4 Å². The Kier molecular flexibility index (Phi) is 6.44. The molecule has 2 aliphatic carbocycles. The smallest absolute Gasteiger partial charge is 0.310 e. The predicted molar refractivity (Wildman–Crippen MR) is 118 cm³/mol. The maximum Gasteiger partial charge on any atom is 0.310 e. The van der Waals surface area contributed by atoms with Crippen molar-refractivity contribution in [3.63, 3.8) is 0 Å². The zero-order valence-corrected chi connectivity index (χ0v) is 18.2. The summed E-state index contributed by atoms with van der Waals surface area (Å²) in [5.41, 5.74) is 1.04. The molecule has 1 amide bonds. The molecule has 168 valence electrons. The van der Waals surface area contributed by atoms with Crippen LogP contribution in [0.1, 0.15) is 29.6 Å². The highest BCUT2D eigenvalue weighted by atomic mass is 16.5. The van der Waals surface area contributed by atoms with Gasteiger partial charge in [-0.05, 0) is 43.2 Å². The molecule has 2 aromatic carbocycles. The van der Waals surface area contributed by atoms with Crippen LogP contribution in [0.4, 0.5) is 5.69 Å². The minimum Gasteiger partial charge on any atom is -0.497 e. The van der Waals surface area contributed by atoms with Gasteiger partial charge in [0.1, 0.15) is 11.5 Å². The molecule has 4 atom stereocenters. The average molecular weight is 437 g/mol. The van der Waals surface area contributed by atoms with Gasteiger partial charge in [-0.1, -0.05) is 30.3 Å². The van der Waals surface area contributed by atoms with E-state index in [4.69, 9.17) is 14.2 Å². The van der Waals surface area contributed by atoms with Gasteiger partial charge in [0.2, 0.25) is 0 Å². The molecule has 7 heteroatoms. The molecule has 2 aliphatic rings. The number of amides is 1. The lowest BCUT2D eigenvalue weighted by atomic mass is 9.75. The molecule has 0 radical (unpaired) electrons. The Morgan fingerprint density at radius 1 is 0.938 bits per heavy atom. The van der Waals surface area contributed by atoms with Gasteiger partial charge in [-0.2, -0.15) is 0 Å². The largest absolute Gasteiger partial charge is 0.497 e. The predicted octanol–water partition coefficient (Wildman–Crippen LogP) is 3.73. The van der Waals surface area contributed by atoms with Gasteiger partial charge in [0.15, 0.2) is 12.4 Å². The highest BCUT2D eigenvalue weighted by Gasteiger charge is 2.54. The summed E-state index contributed by atoms with van der Waals surface area (Å²) in [6.45, 7) is -0.431. The van der Waals surface area contributed by atoms with Gasteiger partial charge < -0.3 is 19.5 Å². The number of carbonyl (C=O) groups excluding carboxylic acids is 3. The number of methoxy groups -OCH3 is 2. The number of fused-ring (bicyclic) bond motifs is 2. The Morgan fingerprint density at radius 2 is 1.66 bits per heavy atom. The van der Waals surface area contributed by atoms with Gasteiger partial charge in [-0.15, -0.1) is 0 Å². The fourth-order valence-electron chi connectivity index (χ4n) is 5.13. The molecule has 1 N–H and O–H groups in total. The van der Waals surface area contributed by atoms with Crippen LogP contribution in [0.15, 0.2) is 48.5 Å². The summed E-state index contributed by atoms with van der Waals surface area (Å²) >= 11 is 0. The van der Waals surface area contributed by atoms with E-state index in [1.807, 2.05) is 18.2 Å². The van der Waals surface area contributed by atoms with Gasteiger partial charge >= 0.3 is 5.97 Å². The quantitative estimate of drug-likeness (QED) is 0.500. The lowest BCUT2D eigenvalue weighted by Gasteiger charge is -2.28. The molecular weight excluding hydrogens is 410 g/mol. The van der Waals surface area contributed by atoms with Crippen molar-refractivity contribution in [1.29, 1.82) is 0 Å². The van der Waals surface area contributed by atoms with Crippen molar-refractivity contribution in [3.05, 3.63) is 54.1 Å². The summed E-state index contributed by atoms with van der Waals surface area (Å²) in [5.74, 6) is -0.504. The zero-order valence-electron chi connectivity index (χ0n) is 18.2. The third kappa shape index (κ3) is 4.33. The van der Waals surface area contributed by atoms with Crippen LogP contribution in [0.5, 0.6) is 11.5 Å². The topological polar surface area (TPSA) is 90.9 Å². The molecule has 0 aromatic heterocycles. The number of hydrogen-bond acceptors (Lipinski definition) is 6. The van der Waals surface area contributed by atoms with Crippen molar-refractivity contribution < 1.29 is 28.6 Å². The fraction of sp³-hybridized carbons (Fsp3) is 0.400.